The molecule has 1 aromatic rings. The van der Waals surface area contributed by atoms with Crippen molar-refractivity contribution >= 4 is 8.69 Å². The first kappa shape index (κ1) is 16.4. The van der Waals surface area contributed by atoms with Crippen molar-refractivity contribution in [1.82, 2.24) is 0 Å². The first-order valence-corrected chi connectivity index (χ1v) is 7.45. The van der Waals surface area contributed by atoms with Crippen molar-refractivity contribution in [3.63, 3.8) is 0 Å². The van der Waals surface area contributed by atoms with Crippen LogP contribution in [-0.2, 0) is 15.4 Å². The van der Waals surface area contributed by atoms with Gasteiger partial charge in [-0.2, -0.15) is 0 Å². The van der Waals surface area contributed by atoms with Crippen LogP contribution in [-0.4, -0.2) is 7.11 Å². The van der Waals surface area contributed by atoms with Crippen molar-refractivity contribution in [3.8, 4) is 5.75 Å². The molecule has 0 radical (unpaired) electrons. The van der Waals surface area contributed by atoms with Crippen molar-refractivity contribution in [2.45, 2.75) is 52.4 Å². The van der Waals surface area contributed by atoms with Gasteiger partial charge in [0.1, 0.15) is 5.75 Å². The minimum Gasteiger partial charge on any atom is -0.423 e. The topological polar surface area (TPSA) is 18.5 Å². The van der Waals surface area contributed by atoms with Gasteiger partial charge in [-0.25, -0.2) is 0 Å². The van der Waals surface area contributed by atoms with Crippen LogP contribution < -0.4 is 4.52 Å². The lowest BCUT2D eigenvalue weighted by Gasteiger charge is -2.27. The molecule has 0 N–H and O–H groups in total. The van der Waals surface area contributed by atoms with Crippen molar-refractivity contribution in [2.24, 2.45) is 0 Å². The van der Waals surface area contributed by atoms with E-state index in [4.69, 9.17) is 4.52 Å². The quantitative estimate of drug-likeness (QED) is 0.683. The molecule has 0 heterocycles. The molecule has 2 nitrogen and oxygen atoms in total. The lowest BCUT2D eigenvalue weighted by molar-refractivity contribution is 0.353. The highest BCUT2D eigenvalue weighted by atomic mass is 31.2. The highest BCUT2D eigenvalue weighted by molar-refractivity contribution is 7.41. The van der Waals surface area contributed by atoms with E-state index in [2.05, 4.69) is 52.1 Å². The molecule has 0 aliphatic rings. The minimum absolute atomic E-state index is 0.0558. The SMILES string of the molecule is COP(F)Oc1ccc(C(C)(C)C)cc1C(C)(C)C. The van der Waals surface area contributed by atoms with Crippen LogP contribution in [0, 0.1) is 0 Å². The van der Waals surface area contributed by atoms with Gasteiger partial charge in [0.25, 0.3) is 0 Å². The summed E-state index contributed by atoms with van der Waals surface area (Å²) in [6.07, 6.45) is 0. The van der Waals surface area contributed by atoms with Crippen LogP contribution >= 0.6 is 8.69 Å². The second-order valence-electron chi connectivity index (χ2n) is 6.70. The number of benzene rings is 1. The number of hydrogen-bond donors (Lipinski definition) is 0. The van der Waals surface area contributed by atoms with E-state index < -0.39 is 8.69 Å². The Bertz CT molecular complexity index is 433. The Hall–Kier alpha value is -0.660. The first-order chi connectivity index (χ1) is 8.55. The molecule has 19 heavy (non-hydrogen) atoms. The number of rotatable bonds is 3. The second-order valence-corrected chi connectivity index (χ2v) is 7.67. The highest BCUT2D eigenvalue weighted by Crippen LogP contribution is 2.44. The van der Waals surface area contributed by atoms with E-state index in [1.807, 2.05) is 12.1 Å². The third-order valence-electron chi connectivity index (χ3n) is 2.97. The third kappa shape index (κ3) is 4.43. The molecule has 0 amide bonds. The zero-order chi connectivity index (χ0) is 14.8. The Morgan fingerprint density at radius 2 is 1.58 bits per heavy atom. The smallest absolute Gasteiger partial charge is 0.423 e. The summed E-state index contributed by atoms with van der Waals surface area (Å²) in [6.45, 7) is 12.8. The average Bonchev–Trinajstić information content (AvgIpc) is 2.26. The molecule has 1 aromatic carbocycles. The van der Waals surface area contributed by atoms with Gasteiger partial charge in [-0.3, -0.25) is 0 Å². The fourth-order valence-corrected chi connectivity index (χ4v) is 2.17. The molecule has 1 rings (SSSR count). The van der Waals surface area contributed by atoms with E-state index in [1.54, 1.807) is 0 Å². The van der Waals surface area contributed by atoms with Crippen LogP contribution in [0.15, 0.2) is 18.2 Å². The van der Waals surface area contributed by atoms with E-state index >= 15 is 0 Å². The molecule has 0 spiro atoms. The van der Waals surface area contributed by atoms with E-state index in [9.17, 15) is 4.20 Å². The third-order valence-corrected chi connectivity index (χ3v) is 3.59. The molecule has 0 aromatic heterocycles. The Morgan fingerprint density at radius 3 is 2.00 bits per heavy atom. The maximum absolute atomic E-state index is 13.3. The van der Waals surface area contributed by atoms with E-state index in [0.29, 0.717) is 5.75 Å². The molecule has 0 bridgehead atoms. The molecule has 0 saturated heterocycles. The molecule has 108 valence electrons. The second kappa shape index (κ2) is 5.76. The van der Waals surface area contributed by atoms with Gasteiger partial charge >= 0.3 is 8.69 Å². The lowest BCUT2D eigenvalue weighted by Crippen LogP contribution is -2.17. The Morgan fingerprint density at radius 1 is 1.00 bits per heavy atom. The van der Waals surface area contributed by atoms with Gasteiger partial charge in [-0.1, -0.05) is 53.7 Å². The average molecular weight is 286 g/mol. The molecule has 1 atom stereocenters. The molecule has 4 heteroatoms. The van der Waals surface area contributed by atoms with Gasteiger partial charge < -0.3 is 9.05 Å². The monoisotopic (exact) mass is 286 g/mol. The summed E-state index contributed by atoms with van der Waals surface area (Å²) < 4.78 is 23.2. The van der Waals surface area contributed by atoms with Crippen LogP contribution in [0.2, 0.25) is 0 Å². The number of hydrogen-bond acceptors (Lipinski definition) is 2. The summed E-state index contributed by atoms with van der Waals surface area (Å²) in [6, 6.07) is 5.94. The van der Waals surface area contributed by atoms with Crippen LogP contribution in [0.4, 0.5) is 4.20 Å². The molecule has 0 saturated carbocycles. The van der Waals surface area contributed by atoms with Crippen LogP contribution in [0.1, 0.15) is 52.7 Å². The zero-order valence-corrected chi connectivity index (χ0v) is 13.8. The predicted molar refractivity (Wildman–Crippen MR) is 79.5 cm³/mol. The summed E-state index contributed by atoms with van der Waals surface area (Å²) in [5, 5.41) is 0. The first-order valence-electron chi connectivity index (χ1n) is 6.38. The Kier molecular flexibility index (Phi) is 4.97. The molecule has 0 aliphatic carbocycles. The minimum atomic E-state index is -2.36. The summed E-state index contributed by atoms with van der Waals surface area (Å²) in [5.74, 6) is 0.566. The molecule has 0 fully saturated rings. The van der Waals surface area contributed by atoms with Crippen LogP contribution in [0.3, 0.4) is 0 Å². The van der Waals surface area contributed by atoms with E-state index in [0.717, 1.165) is 5.56 Å². The highest BCUT2D eigenvalue weighted by Gasteiger charge is 2.24. The van der Waals surface area contributed by atoms with E-state index in [1.165, 1.54) is 12.7 Å². The van der Waals surface area contributed by atoms with Gasteiger partial charge in [-0.15, -0.1) is 4.20 Å². The fraction of sp³-hybridized carbons (Fsp3) is 0.600. The summed E-state index contributed by atoms with van der Waals surface area (Å²) in [5.41, 5.74) is 2.16. The fourth-order valence-electron chi connectivity index (χ4n) is 1.78. The normalized spacial score (nSPS) is 14.3. The molecule has 0 aliphatic heterocycles. The Balaban J connectivity index is 3.26. The van der Waals surface area contributed by atoms with Gasteiger partial charge in [0.15, 0.2) is 0 Å². The van der Waals surface area contributed by atoms with Crippen molar-refractivity contribution < 1.29 is 13.2 Å². The molecule has 1 unspecified atom stereocenters. The summed E-state index contributed by atoms with van der Waals surface area (Å²) in [7, 11) is -1.04. The van der Waals surface area contributed by atoms with Gasteiger partial charge in [-0.05, 0) is 22.5 Å². The van der Waals surface area contributed by atoms with Gasteiger partial charge in [0.2, 0.25) is 0 Å². The van der Waals surface area contributed by atoms with Crippen LogP contribution in [0.5, 0.6) is 5.75 Å². The maximum Gasteiger partial charge on any atom is 0.438 e. The maximum atomic E-state index is 13.3. The van der Waals surface area contributed by atoms with Crippen molar-refractivity contribution in [3.05, 3.63) is 29.3 Å². The molecular formula is C15H24FO2P. The Labute approximate surface area is 117 Å². The van der Waals surface area contributed by atoms with Crippen molar-refractivity contribution in [2.75, 3.05) is 7.11 Å². The largest absolute Gasteiger partial charge is 0.438 e. The number of halogens is 1. The summed E-state index contributed by atoms with van der Waals surface area (Å²) in [4.78, 5) is 0. The lowest BCUT2D eigenvalue weighted by atomic mass is 9.80. The zero-order valence-electron chi connectivity index (χ0n) is 12.9. The standard InChI is InChI=1S/C15H24FO2P/c1-14(2,3)11-8-9-13(18-19(16)17-7)12(10-11)15(4,5)6/h8-10H,1-7H3. The predicted octanol–water partition coefficient (Wildman–Crippen LogP) is 5.50. The summed E-state index contributed by atoms with van der Waals surface area (Å²) >= 11 is 0. The van der Waals surface area contributed by atoms with E-state index in [-0.39, 0.29) is 10.8 Å². The molecular weight excluding hydrogens is 262 g/mol. The van der Waals surface area contributed by atoms with Crippen molar-refractivity contribution in [1.29, 1.82) is 0 Å². The van der Waals surface area contributed by atoms with Crippen LogP contribution in [0.25, 0.3) is 0 Å². The van der Waals surface area contributed by atoms with Gasteiger partial charge in [0.05, 0.1) is 0 Å². The van der Waals surface area contributed by atoms with Gasteiger partial charge in [0, 0.05) is 12.7 Å².